The standard InChI is InChI=1S/C16H16Cl3N3O3/c1-8(10-4-5-11(17)12(18)6-10)20-13(23)7-25-16(24)14-9(2)21-22(3)15(14)19/h4-6,8H,7H2,1-3H3,(H,20,23). The van der Waals surface area contributed by atoms with E-state index in [4.69, 9.17) is 39.5 Å². The van der Waals surface area contributed by atoms with E-state index in [1.165, 1.54) is 4.68 Å². The quantitative estimate of drug-likeness (QED) is 0.771. The van der Waals surface area contributed by atoms with E-state index in [0.717, 1.165) is 5.56 Å². The normalized spacial score (nSPS) is 11.9. The van der Waals surface area contributed by atoms with E-state index in [1.807, 2.05) is 0 Å². The van der Waals surface area contributed by atoms with Gasteiger partial charge < -0.3 is 10.1 Å². The summed E-state index contributed by atoms with van der Waals surface area (Å²) >= 11 is 17.8. The Hall–Kier alpha value is -1.76. The predicted molar refractivity (Wildman–Crippen MR) is 96.3 cm³/mol. The van der Waals surface area contributed by atoms with Crippen molar-refractivity contribution in [3.05, 3.63) is 50.2 Å². The van der Waals surface area contributed by atoms with Crippen molar-refractivity contribution in [2.75, 3.05) is 6.61 Å². The van der Waals surface area contributed by atoms with Gasteiger partial charge in [-0.15, -0.1) is 0 Å². The molecule has 1 amide bonds. The van der Waals surface area contributed by atoms with Gasteiger partial charge in [0.1, 0.15) is 10.7 Å². The van der Waals surface area contributed by atoms with Crippen molar-refractivity contribution in [3.8, 4) is 0 Å². The number of rotatable bonds is 5. The van der Waals surface area contributed by atoms with Crippen molar-refractivity contribution >= 4 is 46.7 Å². The first-order chi connectivity index (χ1) is 11.7. The van der Waals surface area contributed by atoms with Gasteiger partial charge in [-0.25, -0.2) is 4.79 Å². The number of hydrogen-bond acceptors (Lipinski definition) is 4. The number of esters is 1. The van der Waals surface area contributed by atoms with Crippen LogP contribution in [0, 0.1) is 6.92 Å². The van der Waals surface area contributed by atoms with Crippen LogP contribution in [-0.4, -0.2) is 28.3 Å². The molecule has 9 heteroatoms. The van der Waals surface area contributed by atoms with Gasteiger partial charge in [-0.05, 0) is 31.5 Å². The zero-order valence-corrected chi connectivity index (χ0v) is 16.0. The van der Waals surface area contributed by atoms with Gasteiger partial charge in [0.25, 0.3) is 5.91 Å². The minimum atomic E-state index is -0.701. The molecule has 134 valence electrons. The Balaban J connectivity index is 1.93. The molecule has 1 aromatic heterocycles. The zero-order chi connectivity index (χ0) is 18.7. The number of ether oxygens (including phenoxy) is 1. The van der Waals surface area contributed by atoms with Gasteiger partial charge in [0.05, 0.1) is 21.8 Å². The number of halogens is 3. The summed E-state index contributed by atoms with van der Waals surface area (Å²) in [5.41, 5.74) is 1.36. The number of nitrogens with one attached hydrogen (secondary N) is 1. The first-order valence-electron chi connectivity index (χ1n) is 7.31. The lowest BCUT2D eigenvalue weighted by molar-refractivity contribution is -0.124. The fourth-order valence-electron chi connectivity index (χ4n) is 2.21. The molecule has 0 saturated heterocycles. The lowest BCUT2D eigenvalue weighted by Crippen LogP contribution is -2.31. The molecule has 1 aromatic carbocycles. The number of nitrogens with zero attached hydrogens (tertiary/aromatic N) is 2. The van der Waals surface area contributed by atoms with Gasteiger partial charge in [-0.3, -0.25) is 9.48 Å². The van der Waals surface area contributed by atoms with Crippen LogP contribution in [0.2, 0.25) is 15.2 Å². The summed E-state index contributed by atoms with van der Waals surface area (Å²) < 4.78 is 6.37. The van der Waals surface area contributed by atoms with Crippen LogP contribution in [-0.2, 0) is 16.6 Å². The van der Waals surface area contributed by atoms with Crippen molar-refractivity contribution in [2.45, 2.75) is 19.9 Å². The Kier molecular flexibility index (Phi) is 6.32. The first-order valence-corrected chi connectivity index (χ1v) is 8.44. The first kappa shape index (κ1) is 19.6. The zero-order valence-electron chi connectivity index (χ0n) is 13.8. The number of carbonyl (C=O) groups is 2. The smallest absolute Gasteiger partial charge is 0.343 e. The molecular formula is C16H16Cl3N3O3. The Bertz CT molecular complexity index is 820. The number of benzene rings is 1. The average Bonchev–Trinajstić information content (AvgIpc) is 2.80. The highest BCUT2D eigenvalue weighted by molar-refractivity contribution is 6.42. The summed E-state index contributed by atoms with van der Waals surface area (Å²) in [5.74, 6) is -1.16. The second-order valence-electron chi connectivity index (χ2n) is 5.41. The summed E-state index contributed by atoms with van der Waals surface area (Å²) in [4.78, 5) is 24.1. The summed E-state index contributed by atoms with van der Waals surface area (Å²) in [5, 5.41) is 7.72. The van der Waals surface area contributed by atoms with Crippen LogP contribution < -0.4 is 5.32 Å². The molecule has 1 heterocycles. The molecule has 2 rings (SSSR count). The maximum Gasteiger partial charge on any atom is 0.343 e. The van der Waals surface area contributed by atoms with Gasteiger partial charge in [-0.1, -0.05) is 40.9 Å². The summed E-state index contributed by atoms with van der Waals surface area (Å²) in [6.45, 7) is 2.98. The van der Waals surface area contributed by atoms with Crippen LogP contribution in [0.5, 0.6) is 0 Å². The molecule has 0 radical (unpaired) electrons. The number of amides is 1. The second kappa shape index (κ2) is 8.08. The molecule has 25 heavy (non-hydrogen) atoms. The molecule has 0 spiro atoms. The van der Waals surface area contributed by atoms with Gasteiger partial charge >= 0.3 is 5.97 Å². The summed E-state index contributed by atoms with van der Waals surface area (Å²) in [6.07, 6.45) is 0. The van der Waals surface area contributed by atoms with E-state index in [1.54, 1.807) is 39.1 Å². The van der Waals surface area contributed by atoms with Crippen LogP contribution >= 0.6 is 34.8 Å². The van der Waals surface area contributed by atoms with Crippen molar-refractivity contribution in [1.82, 2.24) is 15.1 Å². The van der Waals surface area contributed by atoms with Crippen LogP contribution in [0.25, 0.3) is 0 Å². The number of aryl methyl sites for hydroxylation is 2. The van der Waals surface area contributed by atoms with Crippen LogP contribution in [0.4, 0.5) is 0 Å². The van der Waals surface area contributed by atoms with E-state index < -0.39 is 18.5 Å². The topological polar surface area (TPSA) is 73.2 Å². The van der Waals surface area contributed by atoms with Gasteiger partial charge in [-0.2, -0.15) is 5.10 Å². The van der Waals surface area contributed by atoms with Crippen molar-refractivity contribution < 1.29 is 14.3 Å². The molecule has 2 aromatic rings. The average molecular weight is 405 g/mol. The third-order valence-corrected chi connectivity index (χ3v) is 4.68. The monoisotopic (exact) mass is 403 g/mol. The van der Waals surface area contributed by atoms with Crippen LogP contribution in [0.3, 0.4) is 0 Å². The molecule has 0 saturated carbocycles. The highest BCUT2D eigenvalue weighted by atomic mass is 35.5. The third-order valence-electron chi connectivity index (χ3n) is 3.51. The van der Waals surface area contributed by atoms with Crippen LogP contribution in [0.15, 0.2) is 18.2 Å². The molecule has 0 aliphatic rings. The minimum absolute atomic E-state index is 0.148. The fourth-order valence-corrected chi connectivity index (χ4v) is 2.77. The van der Waals surface area contributed by atoms with E-state index >= 15 is 0 Å². The summed E-state index contributed by atoms with van der Waals surface area (Å²) in [6, 6.07) is 4.74. The minimum Gasteiger partial charge on any atom is -0.452 e. The number of carbonyl (C=O) groups excluding carboxylic acids is 2. The highest BCUT2D eigenvalue weighted by Gasteiger charge is 2.21. The lowest BCUT2D eigenvalue weighted by Gasteiger charge is -2.15. The molecule has 0 aliphatic carbocycles. The van der Waals surface area contributed by atoms with Crippen molar-refractivity contribution in [3.63, 3.8) is 0 Å². The number of aromatic nitrogens is 2. The highest BCUT2D eigenvalue weighted by Crippen LogP contribution is 2.25. The van der Waals surface area contributed by atoms with E-state index in [2.05, 4.69) is 10.4 Å². The molecule has 0 aliphatic heterocycles. The molecule has 1 N–H and O–H groups in total. The Morgan fingerprint density at radius 2 is 1.96 bits per heavy atom. The molecule has 0 fully saturated rings. The molecular weight excluding hydrogens is 389 g/mol. The second-order valence-corrected chi connectivity index (χ2v) is 6.59. The maximum atomic E-state index is 12.1. The predicted octanol–water partition coefficient (Wildman–Crippen LogP) is 3.72. The van der Waals surface area contributed by atoms with E-state index in [9.17, 15) is 9.59 Å². The van der Waals surface area contributed by atoms with Crippen molar-refractivity contribution in [2.24, 2.45) is 7.05 Å². The lowest BCUT2D eigenvalue weighted by atomic mass is 10.1. The fraction of sp³-hybridized carbons (Fsp3) is 0.312. The SMILES string of the molecule is Cc1nn(C)c(Cl)c1C(=O)OCC(=O)NC(C)c1ccc(Cl)c(Cl)c1. The molecule has 6 nitrogen and oxygen atoms in total. The van der Waals surface area contributed by atoms with Gasteiger partial charge in [0, 0.05) is 7.05 Å². The largest absolute Gasteiger partial charge is 0.452 e. The van der Waals surface area contributed by atoms with Crippen molar-refractivity contribution in [1.29, 1.82) is 0 Å². The Morgan fingerprint density at radius 3 is 2.52 bits per heavy atom. The third kappa shape index (κ3) is 4.66. The molecule has 1 unspecified atom stereocenters. The number of hydrogen-bond donors (Lipinski definition) is 1. The van der Waals surface area contributed by atoms with Gasteiger partial charge in [0.15, 0.2) is 6.61 Å². The summed E-state index contributed by atoms with van der Waals surface area (Å²) in [7, 11) is 1.61. The van der Waals surface area contributed by atoms with Gasteiger partial charge in [0.2, 0.25) is 0 Å². The van der Waals surface area contributed by atoms with E-state index in [0.29, 0.717) is 15.7 Å². The Morgan fingerprint density at radius 1 is 1.28 bits per heavy atom. The Labute approximate surface area is 160 Å². The molecule has 0 bridgehead atoms. The maximum absolute atomic E-state index is 12.1. The molecule has 1 atom stereocenters. The van der Waals surface area contributed by atoms with E-state index in [-0.39, 0.29) is 16.8 Å². The van der Waals surface area contributed by atoms with Crippen LogP contribution in [0.1, 0.15) is 34.6 Å².